The Kier molecular flexibility index (Phi) is 10.7. The topological polar surface area (TPSA) is 0 Å². The van der Waals surface area contributed by atoms with Crippen LogP contribution in [0.1, 0.15) is 117 Å². The highest BCUT2D eigenvalue weighted by Gasteiger charge is 2.25. The molecular weight excluding hydrogens is 300 g/mol. The Morgan fingerprint density at radius 1 is 0.680 bits per heavy atom. The minimum Gasteiger partial charge on any atom is -0.0772 e. The van der Waals surface area contributed by atoms with Crippen LogP contribution in [0, 0.1) is 22.2 Å². The fraction of sp³-hybridized carbons (Fsp3) is 0.840. The molecule has 0 nitrogen and oxygen atoms in total. The van der Waals surface area contributed by atoms with Crippen molar-refractivity contribution < 1.29 is 0 Å². The molecule has 0 heteroatoms. The highest BCUT2D eigenvalue weighted by molar-refractivity contribution is 5.21. The molecular formula is C25H50. The standard InChI is InChI=1S/C13H26.C12H24/c1-9-13(7,8)11(3)10(2)12(4,5)6;1-8-11(12(5,6)7)10(4)9(2)3/h9H2,1-8H3;11H,8H2,1-7H3/b11-10+;. The first-order valence-electron chi connectivity index (χ1n) is 10.3. The van der Waals surface area contributed by atoms with Crippen molar-refractivity contribution in [2.75, 3.05) is 0 Å². The van der Waals surface area contributed by atoms with Gasteiger partial charge in [0.15, 0.2) is 0 Å². The zero-order valence-electron chi connectivity index (χ0n) is 20.5. The molecule has 0 amide bonds. The molecule has 0 aliphatic heterocycles. The molecule has 0 radical (unpaired) electrons. The first-order valence-corrected chi connectivity index (χ1v) is 10.3. The molecule has 0 fully saturated rings. The summed E-state index contributed by atoms with van der Waals surface area (Å²) in [4.78, 5) is 0. The molecule has 0 bridgehead atoms. The molecule has 150 valence electrons. The van der Waals surface area contributed by atoms with Crippen LogP contribution < -0.4 is 0 Å². The number of hydrogen-bond acceptors (Lipinski definition) is 0. The summed E-state index contributed by atoms with van der Waals surface area (Å²) in [5.41, 5.74) is 7.24. The Morgan fingerprint density at radius 2 is 1.08 bits per heavy atom. The van der Waals surface area contributed by atoms with Crippen LogP contribution in [0.4, 0.5) is 0 Å². The molecule has 0 aliphatic carbocycles. The van der Waals surface area contributed by atoms with E-state index in [1.54, 1.807) is 16.7 Å². The molecule has 25 heavy (non-hydrogen) atoms. The first kappa shape index (κ1) is 26.7. The summed E-state index contributed by atoms with van der Waals surface area (Å²) in [5, 5.41) is 0. The van der Waals surface area contributed by atoms with E-state index in [0.717, 1.165) is 5.92 Å². The van der Waals surface area contributed by atoms with E-state index in [4.69, 9.17) is 0 Å². The van der Waals surface area contributed by atoms with Crippen molar-refractivity contribution in [3.8, 4) is 0 Å². The van der Waals surface area contributed by atoms with E-state index in [1.807, 2.05) is 0 Å². The predicted molar refractivity (Wildman–Crippen MR) is 119 cm³/mol. The van der Waals surface area contributed by atoms with Crippen LogP contribution in [-0.2, 0) is 0 Å². The van der Waals surface area contributed by atoms with Gasteiger partial charge in [-0.25, -0.2) is 0 Å². The Hall–Kier alpha value is -0.520. The summed E-state index contributed by atoms with van der Waals surface area (Å²) < 4.78 is 0. The van der Waals surface area contributed by atoms with Gasteiger partial charge in [0.25, 0.3) is 0 Å². The largest absolute Gasteiger partial charge is 0.0772 e. The monoisotopic (exact) mass is 350 g/mol. The van der Waals surface area contributed by atoms with Gasteiger partial charge in [0.1, 0.15) is 0 Å². The fourth-order valence-electron chi connectivity index (χ4n) is 3.25. The lowest BCUT2D eigenvalue weighted by molar-refractivity contribution is 0.270. The lowest BCUT2D eigenvalue weighted by Gasteiger charge is -2.31. The van der Waals surface area contributed by atoms with Crippen molar-refractivity contribution in [3.05, 3.63) is 22.3 Å². The third kappa shape index (κ3) is 9.11. The maximum atomic E-state index is 2.33. The maximum Gasteiger partial charge on any atom is -0.0147 e. The quantitative estimate of drug-likeness (QED) is 0.443. The van der Waals surface area contributed by atoms with Gasteiger partial charge in [0.05, 0.1) is 0 Å². The van der Waals surface area contributed by atoms with E-state index < -0.39 is 0 Å². The van der Waals surface area contributed by atoms with Gasteiger partial charge in [-0.05, 0) is 69.6 Å². The van der Waals surface area contributed by atoms with E-state index in [1.165, 1.54) is 18.4 Å². The second-order valence-corrected chi connectivity index (χ2v) is 10.7. The van der Waals surface area contributed by atoms with E-state index in [9.17, 15) is 0 Å². The summed E-state index contributed by atoms with van der Waals surface area (Å²) in [6.45, 7) is 34.3. The molecule has 0 aromatic rings. The Morgan fingerprint density at radius 3 is 1.24 bits per heavy atom. The fourth-order valence-corrected chi connectivity index (χ4v) is 3.25. The SMILES string of the molecule is CCC(C(C)=C(C)C)C(C)(C)C.CCC(C)(C)/C(C)=C(\C)C(C)(C)C. The minimum atomic E-state index is 0.316. The van der Waals surface area contributed by atoms with Crippen molar-refractivity contribution in [3.63, 3.8) is 0 Å². The molecule has 0 saturated carbocycles. The van der Waals surface area contributed by atoms with Crippen LogP contribution in [0.3, 0.4) is 0 Å². The van der Waals surface area contributed by atoms with Crippen LogP contribution in [0.25, 0.3) is 0 Å². The normalized spacial score (nSPS) is 15.0. The van der Waals surface area contributed by atoms with Crippen LogP contribution in [0.2, 0.25) is 0 Å². The van der Waals surface area contributed by atoms with Crippen molar-refractivity contribution in [1.29, 1.82) is 0 Å². The van der Waals surface area contributed by atoms with Gasteiger partial charge >= 0.3 is 0 Å². The van der Waals surface area contributed by atoms with Gasteiger partial charge in [-0.3, -0.25) is 0 Å². The molecule has 0 spiro atoms. The first-order chi connectivity index (χ1) is 10.9. The van der Waals surface area contributed by atoms with Gasteiger partial charge in [-0.15, -0.1) is 0 Å². The summed E-state index contributed by atoms with van der Waals surface area (Å²) in [6.07, 6.45) is 2.47. The van der Waals surface area contributed by atoms with Gasteiger partial charge in [0, 0.05) is 0 Å². The molecule has 0 aliphatic rings. The van der Waals surface area contributed by atoms with Crippen molar-refractivity contribution >= 4 is 0 Å². The minimum absolute atomic E-state index is 0.316. The van der Waals surface area contributed by atoms with Crippen LogP contribution in [0.15, 0.2) is 22.3 Å². The molecule has 0 rings (SSSR count). The van der Waals surface area contributed by atoms with Crippen LogP contribution in [-0.4, -0.2) is 0 Å². The van der Waals surface area contributed by atoms with Crippen LogP contribution in [0.5, 0.6) is 0 Å². The zero-order chi connectivity index (χ0) is 20.8. The molecule has 0 saturated heterocycles. The smallest absolute Gasteiger partial charge is 0.0147 e. The van der Waals surface area contributed by atoms with Crippen LogP contribution >= 0.6 is 0 Å². The highest BCUT2D eigenvalue weighted by Crippen LogP contribution is 2.38. The maximum absolute atomic E-state index is 2.33. The van der Waals surface area contributed by atoms with Crippen molar-refractivity contribution in [2.45, 2.75) is 117 Å². The predicted octanol–water partition coefficient (Wildman–Crippen LogP) is 9.22. The molecule has 0 aromatic heterocycles. The van der Waals surface area contributed by atoms with Crippen molar-refractivity contribution in [2.24, 2.45) is 22.2 Å². The third-order valence-electron chi connectivity index (χ3n) is 6.35. The van der Waals surface area contributed by atoms with E-state index in [-0.39, 0.29) is 0 Å². The Balaban J connectivity index is 0. The number of rotatable bonds is 4. The lowest BCUT2D eigenvalue weighted by Crippen LogP contribution is -2.21. The molecule has 0 N–H and O–H groups in total. The summed E-state index contributed by atoms with van der Waals surface area (Å²) >= 11 is 0. The molecule has 0 heterocycles. The van der Waals surface area contributed by atoms with Gasteiger partial charge in [0.2, 0.25) is 0 Å². The average Bonchev–Trinajstić information content (AvgIpc) is 2.44. The molecule has 1 unspecified atom stereocenters. The zero-order valence-corrected chi connectivity index (χ0v) is 20.5. The van der Waals surface area contributed by atoms with Crippen molar-refractivity contribution in [1.82, 2.24) is 0 Å². The Labute approximate surface area is 161 Å². The van der Waals surface area contributed by atoms with E-state index in [0.29, 0.717) is 16.2 Å². The second kappa shape index (κ2) is 9.98. The molecule has 1 atom stereocenters. The Bertz CT molecular complexity index is 451. The lowest BCUT2D eigenvalue weighted by atomic mass is 9.74. The summed E-state index contributed by atoms with van der Waals surface area (Å²) in [6, 6.07) is 0. The summed E-state index contributed by atoms with van der Waals surface area (Å²) in [7, 11) is 0. The third-order valence-corrected chi connectivity index (χ3v) is 6.35. The number of allylic oxidation sites excluding steroid dienone is 4. The van der Waals surface area contributed by atoms with E-state index >= 15 is 0 Å². The average molecular weight is 351 g/mol. The van der Waals surface area contributed by atoms with E-state index in [2.05, 4.69) is 104 Å². The highest BCUT2D eigenvalue weighted by atomic mass is 14.3. The molecule has 0 aromatic carbocycles. The van der Waals surface area contributed by atoms with Gasteiger partial charge in [-0.1, -0.05) is 91.5 Å². The van der Waals surface area contributed by atoms with Gasteiger partial charge < -0.3 is 0 Å². The number of hydrogen-bond donors (Lipinski definition) is 0. The summed E-state index contributed by atoms with van der Waals surface area (Å²) in [5.74, 6) is 0.738. The van der Waals surface area contributed by atoms with Gasteiger partial charge in [-0.2, -0.15) is 0 Å². The second-order valence-electron chi connectivity index (χ2n) is 10.7.